The summed E-state index contributed by atoms with van der Waals surface area (Å²) in [6, 6.07) is 7.74. The van der Waals surface area contributed by atoms with E-state index in [4.69, 9.17) is 4.74 Å². The summed E-state index contributed by atoms with van der Waals surface area (Å²) in [5, 5.41) is 2.09. The van der Waals surface area contributed by atoms with Crippen molar-refractivity contribution in [2.75, 3.05) is 13.2 Å². The number of benzene rings is 1. The molecule has 1 aromatic heterocycles. The Bertz CT molecular complexity index is 671. The Balaban J connectivity index is 1.60. The van der Waals surface area contributed by atoms with Crippen molar-refractivity contribution in [3.63, 3.8) is 0 Å². The number of rotatable bonds is 3. The van der Waals surface area contributed by atoms with Gasteiger partial charge in [-0.3, -0.25) is 4.79 Å². The average Bonchev–Trinajstić information content (AvgIpc) is 2.93. The first kappa shape index (κ1) is 15.1. The van der Waals surface area contributed by atoms with Crippen molar-refractivity contribution in [2.45, 2.75) is 13.0 Å². The molecule has 0 atom stereocenters. The van der Waals surface area contributed by atoms with E-state index in [-0.39, 0.29) is 12.5 Å². The Kier molecular flexibility index (Phi) is 4.66. The fourth-order valence-electron chi connectivity index (χ4n) is 2.28. The minimum Gasteiger partial charge on any atom is -0.483 e. The minimum atomic E-state index is 0.0293. The molecule has 110 valence electrons. The van der Waals surface area contributed by atoms with E-state index in [1.807, 2.05) is 23.1 Å². The van der Waals surface area contributed by atoms with Gasteiger partial charge in [-0.05, 0) is 57.6 Å². The second-order valence-electron chi connectivity index (χ2n) is 4.80. The normalized spacial score (nSPS) is 13.9. The first-order valence-corrected chi connectivity index (χ1v) is 9.01. The van der Waals surface area contributed by atoms with Gasteiger partial charge in [0.25, 0.3) is 5.91 Å². The summed E-state index contributed by atoms with van der Waals surface area (Å²) < 4.78 is 7.42. The van der Waals surface area contributed by atoms with Crippen LogP contribution in [0.3, 0.4) is 0 Å². The van der Waals surface area contributed by atoms with Crippen LogP contribution in [0.2, 0.25) is 0 Å². The van der Waals surface area contributed by atoms with E-state index < -0.39 is 0 Å². The standard InChI is InChI=1S/C15H13Br2NO2S/c16-11-1-2-13(12(17)7-11)20-9-15(19)18-5-3-14-10(8-18)4-6-21-14/h1-2,4,6-7H,3,5,8-9H2. The summed E-state index contributed by atoms with van der Waals surface area (Å²) in [6.45, 7) is 1.54. The van der Waals surface area contributed by atoms with Crippen molar-refractivity contribution in [3.05, 3.63) is 49.0 Å². The first-order chi connectivity index (χ1) is 10.1. The summed E-state index contributed by atoms with van der Waals surface area (Å²) in [5.74, 6) is 0.710. The molecule has 2 heterocycles. The zero-order chi connectivity index (χ0) is 14.8. The van der Waals surface area contributed by atoms with E-state index in [9.17, 15) is 4.79 Å². The molecule has 2 aromatic rings. The molecule has 3 rings (SSSR count). The monoisotopic (exact) mass is 429 g/mol. The Morgan fingerprint density at radius 1 is 1.33 bits per heavy atom. The summed E-state index contributed by atoms with van der Waals surface area (Å²) in [6.07, 6.45) is 0.945. The fourth-order valence-corrected chi connectivity index (χ4v) is 4.34. The molecule has 0 N–H and O–H groups in total. The van der Waals surface area contributed by atoms with Crippen molar-refractivity contribution in [1.82, 2.24) is 4.90 Å². The average molecular weight is 431 g/mol. The number of hydrogen-bond donors (Lipinski definition) is 0. The highest BCUT2D eigenvalue weighted by Gasteiger charge is 2.21. The highest BCUT2D eigenvalue weighted by molar-refractivity contribution is 9.11. The summed E-state index contributed by atoms with van der Waals surface area (Å²) >= 11 is 8.59. The maximum Gasteiger partial charge on any atom is 0.260 e. The van der Waals surface area contributed by atoms with Gasteiger partial charge < -0.3 is 9.64 Å². The Morgan fingerprint density at radius 3 is 3.00 bits per heavy atom. The fraction of sp³-hybridized carbons (Fsp3) is 0.267. The lowest BCUT2D eigenvalue weighted by Crippen LogP contribution is -2.38. The van der Waals surface area contributed by atoms with E-state index in [2.05, 4.69) is 43.3 Å². The zero-order valence-electron chi connectivity index (χ0n) is 11.1. The predicted octanol–water partition coefficient (Wildman–Crippen LogP) is 4.24. The van der Waals surface area contributed by atoms with Gasteiger partial charge in [0.15, 0.2) is 6.61 Å². The maximum absolute atomic E-state index is 12.3. The van der Waals surface area contributed by atoms with Gasteiger partial charge in [0, 0.05) is 22.4 Å². The van der Waals surface area contributed by atoms with Crippen LogP contribution < -0.4 is 4.74 Å². The third kappa shape index (κ3) is 3.49. The molecule has 0 spiro atoms. The van der Waals surface area contributed by atoms with Crippen molar-refractivity contribution < 1.29 is 9.53 Å². The van der Waals surface area contributed by atoms with Crippen LogP contribution >= 0.6 is 43.2 Å². The van der Waals surface area contributed by atoms with Gasteiger partial charge in [0.1, 0.15) is 5.75 Å². The number of nitrogens with zero attached hydrogens (tertiary/aromatic N) is 1. The molecular formula is C15H13Br2NO2S. The third-order valence-corrected chi connectivity index (χ3v) is 5.54. The number of carbonyl (C=O) groups is 1. The van der Waals surface area contributed by atoms with Crippen LogP contribution in [0.5, 0.6) is 5.75 Å². The second kappa shape index (κ2) is 6.50. The van der Waals surface area contributed by atoms with Crippen LogP contribution in [0, 0.1) is 0 Å². The van der Waals surface area contributed by atoms with E-state index >= 15 is 0 Å². The summed E-state index contributed by atoms with van der Waals surface area (Å²) in [5.41, 5.74) is 1.27. The van der Waals surface area contributed by atoms with E-state index in [0.29, 0.717) is 12.3 Å². The predicted molar refractivity (Wildman–Crippen MR) is 90.8 cm³/mol. The molecule has 0 fully saturated rings. The van der Waals surface area contributed by atoms with E-state index in [1.165, 1.54) is 10.4 Å². The maximum atomic E-state index is 12.3. The number of fused-ring (bicyclic) bond motifs is 1. The van der Waals surface area contributed by atoms with Crippen LogP contribution in [0.1, 0.15) is 10.4 Å². The van der Waals surface area contributed by atoms with Gasteiger partial charge in [0.2, 0.25) is 0 Å². The molecule has 0 saturated heterocycles. The van der Waals surface area contributed by atoms with Crippen LogP contribution in [0.15, 0.2) is 38.6 Å². The molecule has 0 saturated carbocycles. The van der Waals surface area contributed by atoms with Crippen LogP contribution in [0.4, 0.5) is 0 Å². The minimum absolute atomic E-state index is 0.0293. The van der Waals surface area contributed by atoms with Crippen LogP contribution in [-0.4, -0.2) is 24.0 Å². The SMILES string of the molecule is O=C(COc1ccc(Br)cc1Br)N1CCc2sccc2C1. The summed E-state index contributed by atoms with van der Waals surface area (Å²) in [7, 11) is 0. The lowest BCUT2D eigenvalue weighted by Gasteiger charge is -2.27. The molecule has 0 bridgehead atoms. The largest absolute Gasteiger partial charge is 0.483 e. The Hall–Kier alpha value is -0.850. The lowest BCUT2D eigenvalue weighted by atomic mass is 10.1. The number of hydrogen-bond acceptors (Lipinski definition) is 3. The van der Waals surface area contributed by atoms with Gasteiger partial charge in [-0.1, -0.05) is 15.9 Å². The summed E-state index contributed by atoms with van der Waals surface area (Å²) in [4.78, 5) is 15.5. The molecule has 0 aliphatic carbocycles. The molecule has 0 radical (unpaired) electrons. The van der Waals surface area contributed by atoms with E-state index in [1.54, 1.807) is 11.3 Å². The number of ether oxygens (including phenoxy) is 1. The molecule has 0 unspecified atom stereocenters. The quantitative estimate of drug-likeness (QED) is 0.728. The van der Waals surface area contributed by atoms with Crippen molar-refractivity contribution >= 4 is 49.1 Å². The van der Waals surface area contributed by atoms with Crippen molar-refractivity contribution in [3.8, 4) is 5.75 Å². The van der Waals surface area contributed by atoms with Gasteiger partial charge >= 0.3 is 0 Å². The number of amides is 1. The van der Waals surface area contributed by atoms with Crippen molar-refractivity contribution in [2.24, 2.45) is 0 Å². The molecule has 6 heteroatoms. The van der Waals surface area contributed by atoms with Gasteiger partial charge in [0.05, 0.1) is 4.47 Å². The molecule has 1 amide bonds. The first-order valence-electron chi connectivity index (χ1n) is 6.54. The highest BCUT2D eigenvalue weighted by Crippen LogP contribution is 2.28. The Labute approximate surface area is 144 Å². The zero-order valence-corrected chi connectivity index (χ0v) is 15.1. The topological polar surface area (TPSA) is 29.5 Å². The molecule has 1 aromatic carbocycles. The number of halogens is 2. The highest BCUT2D eigenvalue weighted by atomic mass is 79.9. The second-order valence-corrected chi connectivity index (χ2v) is 7.57. The number of carbonyl (C=O) groups excluding carboxylic acids is 1. The molecule has 3 nitrogen and oxygen atoms in total. The van der Waals surface area contributed by atoms with E-state index in [0.717, 1.165) is 21.9 Å². The molecule has 21 heavy (non-hydrogen) atoms. The van der Waals surface area contributed by atoms with Crippen molar-refractivity contribution in [1.29, 1.82) is 0 Å². The van der Waals surface area contributed by atoms with Gasteiger partial charge in [-0.2, -0.15) is 0 Å². The van der Waals surface area contributed by atoms with Gasteiger partial charge in [-0.15, -0.1) is 11.3 Å². The molecular weight excluding hydrogens is 418 g/mol. The lowest BCUT2D eigenvalue weighted by molar-refractivity contribution is -0.134. The Morgan fingerprint density at radius 2 is 2.19 bits per heavy atom. The molecule has 1 aliphatic rings. The van der Waals surface area contributed by atoms with Gasteiger partial charge in [-0.25, -0.2) is 0 Å². The molecule has 1 aliphatic heterocycles. The smallest absolute Gasteiger partial charge is 0.260 e. The van der Waals surface area contributed by atoms with Crippen LogP contribution in [0.25, 0.3) is 0 Å². The number of thiophene rings is 1. The van der Waals surface area contributed by atoms with Crippen LogP contribution in [-0.2, 0) is 17.8 Å². The third-order valence-electron chi connectivity index (χ3n) is 3.41.